The van der Waals surface area contributed by atoms with Gasteiger partial charge in [0.25, 0.3) is 5.91 Å². The van der Waals surface area contributed by atoms with Crippen LogP contribution in [0.3, 0.4) is 0 Å². The van der Waals surface area contributed by atoms with Gasteiger partial charge in [0, 0.05) is 0 Å². The Morgan fingerprint density at radius 1 is 1.17 bits per heavy atom. The second kappa shape index (κ2) is 7.23. The van der Waals surface area contributed by atoms with Crippen LogP contribution in [-0.4, -0.2) is 20.9 Å². The lowest BCUT2D eigenvalue weighted by atomic mass is 10.1. The summed E-state index contributed by atoms with van der Waals surface area (Å²) in [6.07, 6.45) is 3.14. The van der Waals surface area contributed by atoms with Crippen LogP contribution in [-0.2, 0) is 6.54 Å². The molecule has 0 aliphatic carbocycles. The molecule has 0 aliphatic rings. The van der Waals surface area contributed by atoms with E-state index in [1.807, 2.05) is 30.3 Å². The average molecular weight is 345 g/mol. The first-order valence-corrected chi connectivity index (χ1v) is 7.66. The van der Waals surface area contributed by atoms with E-state index in [0.29, 0.717) is 6.54 Å². The normalized spacial score (nSPS) is 11.9. The van der Waals surface area contributed by atoms with Crippen molar-refractivity contribution in [1.82, 2.24) is 20.3 Å². The van der Waals surface area contributed by atoms with Crippen LogP contribution in [0.25, 0.3) is 0 Å². The lowest BCUT2D eigenvalue weighted by Crippen LogP contribution is -2.32. The number of nitrogens with one attached hydrogen (secondary N) is 1. The molecule has 1 atom stereocenters. The highest BCUT2D eigenvalue weighted by Crippen LogP contribution is 2.20. The molecular weight excluding hydrogens is 331 g/mol. The van der Waals surface area contributed by atoms with E-state index >= 15 is 0 Å². The molecule has 0 saturated heterocycles. The number of carbonyl (C=O) groups excluding carboxylic acids is 1. The summed E-state index contributed by atoms with van der Waals surface area (Å²) in [6.45, 7) is 0.363. The molecule has 1 N–H and O–H groups in total. The van der Waals surface area contributed by atoms with Gasteiger partial charge in [0.15, 0.2) is 0 Å². The number of benzene rings is 2. The summed E-state index contributed by atoms with van der Waals surface area (Å²) < 4.78 is 13.2. The number of amides is 1. The smallest absolute Gasteiger partial charge is 0.253 e. The van der Waals surface area contributed by atoms with Crippen molar-refractivity contribution in [3.05, 3.63) is 82.9 Å². The van der Waals surface area contributed by atoms with E-state index in [1.165, 1.54) is 16.9 Å². The highest BCUT2D eigenvalue weighted by molar-refractivity contribution is 6.33. The Balaban J connectivity index is 1.84. The van der Waals surface area contributed by atoms with E-state index in [0.717, 1.165) is 11.6 Å². The Kier molecular flexibility index (Phi) is 4.86. The quantitative estimate of drug-likeness (QED) is 0.773. The first-order chi connectivity index (χ1) is 11.6. The first-order valence-electron chi connectivity index (χ1n) is 7.28. The summed E-state index contributed by atoms with van der Waals surface area (Å²) in [6, 6.07) is 12.8. The molecule has 0 spiro atoms. The molecule has 3 aromatic rings. The topological polar surface area (TPSA) is 59.8 Å². The minimum Gasteiger partial charge on any atom is -0.343 e. The van der Waals surface area contributed by atoms with Crippen LogP contribution >= 0.6 is 11.6 Å². The molecule has 1 amide bonds. The van der Waals surface area contributed by atoms with E-state index in [-0.39, 0.29) is 22.5 Å². The molecule has 0 fully saturated rings. The van der Waals surface area contributed by atoms with Crippen LogP contribution in [0, 0.1) is 5.82 Å². The van der Waals surface area contributed by atoms with Gasteiger partial charge in [0.2, 0.25) is 0 Å². The second-order valence-corrected chi connectivity index (χ2v) is 5.55. The van der Waals surface area contributed by atoms with Crippen molar-refractivity contribution in [3.63, 3.8) is 0 Å². The Labute approximate surface area is 143 Å². The van der Waals surface area contributed by atoms with Gasteiger partial charge in [0.1, 0.15) is 5.82 Å². The molecule has 1 aromatic heterocycles. The van der Waals surface area contributed by atoms with Gasteiger partial charge in [-0.05, 0) is 23.8 Å². The summed E-state index contributed by atoms with van der Waals surface area (Å²) in [4.78, 5) is 14.0. The maximum atomic E-state index is 13.2. The van der Waals surface area contributed by atoms with Gasteiger partial charge in [-0.2, -0.15) is 15.0 Å². The molecule has 0 radical (unpaired) electrons. The highest BCUT2D eigenvalue weighted by atomic mass is 35.5. The van der Waals surface area contributed by atoms with Gasteiger partial charge in [-0.25, -0.2) is 4.39 Å². The van der Waals surface area contributed by atoms with Crippen molar-refractivity contribution in [1.29, 1.82) is 0 Å². The number of aromatic nitrogens is 3. The molecule has 5 nitrogen and oxygen atoms in total. The maximum Gasteiger partial charge on any atom is 0.253 e. The minimum atomic E-state index is -0.489. The summed E-state index contributed by atoms with van der Waals surface area (Å²) in [5.41, 5.74) is 1.12. The molecule has 24 heavy (non-hydrogen) atoms. The van der Waals surface area contributed by atoms with Crippen molar-refractivity contribution in [2.45, 2.75) is 12.6 Å². The fourth-order valence-corrected chi connectivity index (χ4v) is 2.58. The average Bonchev–Trinajstić information content (AvgIpc) is 3.08. The standard InChI is InChI=1S/C17H14ClFN4O/c18-15-10-13(19)6-7-14(15)17(24)22-16(11-23-20-8-9-21-23)12-4-2-1-3-5-12/h1-10,16H,11H2,(H,22,24)/t16-/m1/s1. The Bertz CT molecular complexity index is 824. The highest BCUT2D eigenvalue weighted by Gasteiger charge is 2.19. The maximum absolute atomic E-state index is 13.2. The summed E-state index contributed by atoms with van der Waals surface area (Å²) in [5.74, 6) is -0.877. The van der Waals surface area contributed by atoms with E-state index in [2.05, 4.69) is 15.5 Å². The number of hydrogen-bond donors (Lipinski definition) is 1. The van der Waals surface area contributed by atoms with Crippen molar-refractivity contribution in [3.8, 4) is 0 Å². The largest absolute Gasteiger partial charge is 0.343 e. The lowest BCUT2D eigenvalue weighted by molar-refractivity contribution is 0.0931. The van der Waals surface area contributed by atoms with Crippen LogP contribution < -0.4 is 5.32 Å². The van der Waals surface area contributed by atoms with Crippen LogP contribution in [0.15, 0.2) is 60.9 Å². The van der Waals surface area contributed by atoms with E-state index in [4.69, 9.17) is 11.6 Å². The molecule has 2 aromatic carbocycles. The SMILES string of the molecule is O=C(N[C@H](Cn1nccn1)c1ccccc1)c1ccc(F)cc1Cl. The zero-order valence-electron chi connectivity index (χ0n) is 12.6. The predicted octanol–water partition coefficient (Wildman–Crippen LogP) is 3.24. The summed E-state index contributed by atoms with van der Waals surface area (Å²) >= 11 is 5.97. The monoisotopic (exact) mass is 344 g/mol. The lowest BCUT2D eigenvalue weighted by Gasteiger charge is -2.19. The van der Waals surface area contributed by atoms with Crippen LogP contribution in [0.1, 0.15) is 22.0 Å². The van der Waals surface area contributed by atoms with E-state index < -0.39 is 5.82 Å². The summed E-state index contributed by atoms with van der Waals surface area (Å²) in [5, 5.41) is 11.1. The third-order valence-electron chi connectivity index (χ3n) is 3.50. The number of halogens is 2. The molecule has 1 heterocycles. The molecule has 0 aliphatic heterocycles. The van der Waals surface area contributed by atoms with E-state index in [1.54, 1.807) is 12.4 Å². The molecule has 122 valence electrons. The zero-order valence-corrected chi connectivity index (χ0v) is 13.3. The van der Waals surface area contributed by atoms with Gasteiger partial charge in [0.05, 0.1) is 35.6 Å². The van der Waals surface area contributed by atoms with Crippen molar-refractivity contribution in [2.24, 2.45) is 0 Å². The third kappa shape index (κ3) is 3.78. The number of hydrogen-bond acceptors (Lipinski definition) is 3. The minimum absolute atomic E-state index is 0.0662. The van der Waals surface area contributed by atoms with Gasteiger partial charge >= 0.3 is 0 Å². The van der Waals surface area contributed by atoms with Crippen molar-refractivity contribution in [2.75, 3.05) is 0 Å². The number of rotatable bonds is 5. The van der Waals surface area contributed by atoms with E-state index in [9.17, 15) is 9.18 Å². The third-order valence-corrected chi connectivity index (χ3v) is 3.81. The van der Waals surface area contributed by atoms with Gasteiger partial charge in [-0.3, -0.25) is 4.79 Å². The molecule has 0 bridgehead atoms. The van der Waals surface area contributed by atoms with Gasteiger partial charge in [-0.15, -0.1) is 0 Å². The summed E-state index contributed by atoms with van der Waals surface area (Å²) in [7, 11) is 0. The van der Waals surface area contributed by atoms with Crippen LogP contribution in [0.4, 0.5) is 4.39 Å². The first kappa shape index (κ1) is 16.1. The molecular formula is C17H14ClFN4O. The Morgan fingerprint density at radius 3 is 2.54 bits per heavy atom. The molecule has 0 unspecified atom stereocenters. The molecule has 3 rings (SSSR count). The molecule has 7 heteroatoms. The molecule has 0 saturated carbocycles. The fourth-order valence-electron chi connectivity index (χ4n) is 2.33. The predicted molar refractivity (Wildman–Crippen MR) is 88.1 cm³/mol. The number of carbonyl (C=O) groups is 1. The number of nitrogens with zero attached hydrogens (tertiary/aromatic N) is 3. The fraction of sp³-hybridized carbons (Fsp3) is 0.118. The van der Waals surface area contributed by atoms with Crippen LogP contribution in [0.5, 0.6) is 0 Å². The van der Waals surface area contributed by atoms with Gasteiger partial charge < -0.3 is 5.32 Å². The second-order valence-electron chi connectivity index (χ2n) is 5.14. The Hall–Kier alpha value is -2.73. The van der Waals surface area contributed by atoms with Crippen molar-refractivity contribution < 1.29 is 9.18 Å². The van der Waals surface area contributed by atoms with Crippen molar-refractivity contribution >= 4 is 17.5 Å². The Morgan fingerprint density at radius 2 is 1.88 bits per heavy atom. The zero-order chi connectivity index (χ0) is 16.9. The van der Waals surface area contributed by atoms with Gasteiger partial charge in [-0.1, -0.05) is 41.9 Å². The van der Waals surface area contributed by atoms with Crippen LogP contribution in [0.2, 0.25) is 5.02 Å².